The summed E-state index contributed by atoms with van der Waals surface area (Å²) >= 11 is 0. The van der Waals surface area contributed by atoms with Crippen LogP contribution in [-0.2, 0) is 4.79 Å². The lowest BCUT2D eigenvalue weighted by Crippen LogP contribution is -2.48. The number of carbonyl (C=O) groups is 1. The molecule has 0 radical (unpaired) electrons. The summed E-state index contributed by atoms with van der Waals surface area (Å²) in [6.45, 7) is 9.56. The summed E-state index contributed by atoms with van der Waals surface area (Å²) in [6, 6.07) is 0.395. The SMILES string of the molecule is CC(C)(C)C(=O)NC1CCN(CC2CCCC2)CC1. The van der Waals surface area contributed by atoms with Crippen molar-refractivity contribution in [1.82, 2.24) is 10.2 Å². The van der Waals surface area contributed by atoms with Crippen LogP contribution >= 0.6 is 0 Å². The predicted octanol–water partition coefficient (Wildman–Crippen LogP) is 2.80. The first-order valence-electron chi connectivity index (χ1n) is 7.98. The molecule has 1 aliphatic carbocycles. The van der Waals surface area contributed by atoms with Gasteiger partial charge in [0.2, 0.25) is 5.91 Å². The largest absolute Gasteiger partial charge is 0.353 e. The van der Waals surface area contributed by atoms with Crippen molar-refractivity contribution in [1.29, 1.82) is 0 Å². The van der Waals surface area contributed by atoms with E-state index in [2.05, 4.69) is 10.2 Å². The molecule has 0 bridgehead atoms. The van der Waals surface area contributed by atoms with E-state index >= 15 is 0 Å². The number of likely N-dealkylation sites (tertiary alicyclic amines) is 1. The Morgan fingerprint density at radius 2 is 1.68 bits per heavy atom. The third-order valence-electron chi connectivity index (χ3n) is 4.60. The number of nitrogens with zero attached hydrogens (tertiary/aromatic N) is 1. The summed E-state index contributed by atoms with van der Waals surface area (Å²) in [6.07, 6.45) is 7.97. The lowest BCUT2D eigenvalue weighted by atomic mass is 9.94. The molecule has 1 amide bonds. The molecule has 1 heterocycles. The number of hydrogen-bond donors (Lipinski definition) is 1. The smallest absolute Gasteiger partial charge is 0.225 e. The predicted molar refractivity (Wildman–Crippen MR) is 79.0 cm³/mol. The van der Waals surface area contributed by atoms with Gasteiger partial charge in [-0.05, 0) is 31.6 Å². The van der Waals surface area contributed by atoms with Gasteiger partial charge in [-0.3, -0.25) is 4.79 Å². The van der Waals surface area contributed by atoms with Gasteiger partial charge in [0.05, 0.1) is 0 Å². The van der Waals surface area contributed by atoms with Gasteiger partial charge in [-0.2, -0.15) is 0 Å². The first-order valence-corrected chi connectivity index (χ1v) is 7.98. The van der Waals surface area contributed by atoms with Crippen LogP contribution in [0.3, 0.4) is 0 Å². The van der Waals surface area contributed by atoms with Crippen LogP contribution in [0.2, 0.25) is 0 Å². The van der Waals surface area contributed by atoms with E-state index in [1.165, 1.54) is 32.2 Å². The maximum Gasteiger partial charge on any atom is 0.225 e. The molecule has 19 heavy (non-hydrogen) atoms. The van der Waals surface area contributed by atoms with Crippen LogP contribution in [0, 0.1) is 11.3 Å². The summed E-state index contributed by atoms with van der Waals surface area (Å²) in [5, 5.41) is 3.21. The topological polar surface area (TPSA) is 32.3 Å². The van der Waals surface area contributed by atoms with Gasteiger partial charge in [-0.1, -0.05) is 33.6 Å². The number of rotatable bonds is 3. The lowest BCUT2D eigenvalue weighted by Gasteiger charge is -2.35. The Labute approximate surface area is 118 Å². The van der Waals surface area contributed by atoms with E-state index in [-0.39, 0.29) is 11.3 Å². The first-order chi connectivity index (χ1) is 8.95. The van der Waals surface area contributed by atoms with Crippen molar-refractivity contribution >= 4 is 5.91 Å². The summed E-state index contributed by atoms with van der Waals surface area (Å²) in [5.74, 6) is 1.14. The highest BCUT2D eigenvalue weighted by Gasteiger charge is 2.27. The molecule has 0 aromatic rings. The zero-order valence-corrected chi connectivity index (χ0v) is 12.9. The van der Waals surface area contributed by atoms with Gasteiger partial charge in [-0.25, -0.2) is 0 Å². The molecule has 0 unspecified atom stereocenters. The fraction of sp³-hybridized carbons (Fsp3) is 0.938. The monoisotopic (exact) mass is 266 g/mol. The van der Waals surface area contributed by atoms with Crippen LogP contribution in [0.1, 0.15) is 59.3 Å². The standard InChI is InChI=1S/C16H30N2O/c1-16(2,3)15(19)17-14-8-10-18(11-9-14)12-13-6-4-5-7-13/h13-14H,4-12H2,1-3H3,(H,17,19). The number of nitrogens with one attached hydrogen (secondary N) is 1. The molecule has 1 saturated carbocycles. The highest BCUT2D eigenvalue weighted by atomic mass is 16.2. The Balaban J connectivity index is 1.68. The Kier molecular flexibility index (Phi) is 4.88. The minimum Gasteiger partial charge on any atom is -0.353 e. The van der Waals surface area contributed by atoms with Gasteiger partial charge in [-0.15, -0.1) is 0 Å². The molecule has 1 aliphatic heterocycles. The normalized spacial score (nSPS) is 23.7. The van der Waals surface area contributed by atoms with Crippen molar-refractivity contribution in [3.8, 4) is 0 Å². The van der Waals surface area contributed by atoms with Gasteiger partial charge in [0, 0.05) is 31.1 Å². The van der Waals surface area contributed by atoms with Crippen LogP contribution in [0.4, 0.5) is 0 Å². The molecule has 3 heteroatoms. The van der Waals surface area contributed by atoms with E-state index in [1.54, 1.807) is 0 Å². The van der Waals surface area contributed by atoms with Gasteiger partial charge in [0.1, 0.15) is 0 Å². The second-order valence-electron chi connectivity index (χ2n) is 7.45. The summed E-state index contributed by atoms with van der Waals surface area (Å²) in [5.41, 5.74) is -0.263. The lowest BCUT2D eigenvalue weighted by molar-refractivity contribution is -0.129. The third kappa shape index (κ3) is 4.48. The summed E-state index contributed by atoms with van der Waals surface area (Å²) in [7, 11) is 0. The summed E-state index contributed by atoms with van der Waals surface area (Å²) in [4.78, 5) is 14.6. The van der Waals surface area contributed by atoms with Gasteiger partial charge < -0.3 is 10.2 Å². The molecule has 3 nitrogen and oxygen atoms in total. The molecule has 0 aromatic carbocycles. The van der Waals surface area contributed by atoms with E-state index in [9.17, 15) is 4.79 Å². The molecule has 2 aliphatic rings. The Hall–Kier alpha value is -0.570. The molecular weight excluding hydrogens is 236 g/mol. The van der Waals surface area contributed by atoms with Crippen molar-refractivity contribution in [2.45, 2.75) is 65.3 Å². The average Bonchev–Trinajstić information content (AvgIpc) is 2.83. The molecule has 0 aromatic heterocycles. The quantitative estimate of drug-likeness (QED) is 0.852. The van der Waals surface area contributed by atoms with Crippen LogP contribution in [0.25, 0.3) is 0 Å². The van der Waals surface area contributed by atoms with Gasteiger partial charge in [0.15, 0.2) is 0 Å². The molecule has 1 saturated heterocycles. The highest BCUT2D eigenvalue weighted by Crippen LogP contribution is 2.26. The Bertz CT molecular complexity index is 294. The molecular formula is C16H30N2O. The Morgan fingerprint density at radius 1 is 1.11 bits per heavy atom. The molecule has 2 rings (SSSR count). The van der Waals surface area contributed by atoms with E-state index in [1.807, 2.05) is 20.8 Å². The van der Waals surface area contributed by atoms with Gasteiger partial charge in [0.25, 0.3) is 0 Å². The van der Waals surface area contributed by atoms with Crippen LogP contribution in [-0.4, -0.2) is 36.5 Å². The maximum atomic E-state index is 12.0. The van der Waals surface area contributed by atoms with Crippen molar-refractivity contribution in [3.63, 3.8) is 0 Å². The zero-order valence-electron chi connectivity index (χ0n) is 12.9. The zero-order chi connectivity index (χ0) is 13.9. The van der Waals surface area contributed by atoms with E-state index in [0.717, 1.165) is 31.8 Å². The number of piperidine rings is 1. The van der Waals surface area contributed by atoms with Crippen LogP contribution < -0.4 is 5.32 Å². The van der Waals surface area contributed by atoms with E-state index in [4.69, 9.17) is 0 Å². The minimum absolute atomic E-state index is 0.196. The van der Waals surface area contributed by atoms with E-state index in [0.29, 0.717) is 6.04 Å². The van der Waals surface area contributed by atoms with Crippen molar-refractivity contribution < 1.29 is 4.79 Å². The maximum absolute atomic E-state index is 12.0. The minimum atomic E-state index is -0.263. The first kappa shape index (κ1) is 14.8. The van der Waals surface area contributed by atoms with Crippen molar-refractivity contribution in [2.75, 3.05) is 19.6 Å². The van der Waals surface area contributed by atoms with Crippen molar-refractivity contribution in [2.24, 2.45) is 11.3 Å². The molecule has 0 spiro atoms. The fourth-order valence-corrected chi connectivity index (χ4v) is 3.22. The molecule has 1 N–H and O–H groups in total. The van der Waals surface area contributed by atoms with Crippen molar-refractivity contribution in [3.05, 3.63) is 0 Å². The molecule has 0 atom stereocenters. The number of hydrogen-bond acceptors (Lipinski definition) is 2. The molecule has 110 valence electrons. The van der Waals surface area contributed by atoms with Crippen LogP contribution in [0.5, 0.6) is 0 Å². The fourth-order valence-electron chi connectivity index (χ4n) is 3.22. The van der Waals surface area contributed by atoms with Crippen LogP contribution in [0.15, 0.2) is 0 Å². The molecule has 2 fully saturated rings. The number of amides is 1. The summed E-state index contributed by atoms with van der Waals surface area (Å²) < 4.78 is 0. The average molecular weight is 266 g/mol. The van der Waals surface area contributed by atoms with E-state index < -0.39 is 0 Å². The highest BCUT2D eigenvalue weighted by molar-refractivity contribution is 5.81. The number of carbonyl (C=O) groups excluding carboxylic acids is 1. The third-order valence-corrected chi connectivity index (χ3v) is 4.60. The second kappa shape index (κ2) is 6.25. The Morgan fingerprint density at radius 3 is 2.21 bits per heavy atom. The second-order valence-corrected chi connectivity index (χ2v) is 7.45. The van der Waals surface area contributed by atoms with Gasteiger partial charge >= 0.3 is 0 Å².